The van der Waals surface area contributed by atoms with Gasteiger partial charge in [-0.15, -0.1) is 0 Å². The Morgan fingerprint density at radius 2 is 1.97 bits per heavy atom. The Balaban J connectivity index is 0.00000432. The molecule has 0 aliphatic carbocycles. The molecule has 1 amide bonds. The highest BCUT2D eigenvalue weighted by Crippen LogP contribution is 2.34. The molecule has 10 heteroatoms. The lowest BCUT2D eigenvalue weighted by molar-refractivity contribution is -0.117. The highest BCUT2D eigenvalue weighted by molar-refractivity contribution is 7.92. The van der Waals surface area contributed by atoms with Crippen molar-refractivity contribution in [2.75, 3.05) is 7.11 Å². The van der Waals surface area contributed by atoms with Crippen LogP contribution in [0.4, 0.5) is 5.82 Å². The van der Waals surface area contributed by atoms with Crippen LogP contribution in [-0.2, 0) is 21.2 Å². The zero-order chi connectivity index (χ0) is 25.1. The zero-order valence-electron chi connectivity index (χ0n) is 19.9. The third-order valence-corrected chi connectivity index (χ3v) is 7.66. The molecule has 0 saturated heterocycles. The summed E-state index contributed by atoms with van der Waals surface area (Å²) in [5, 5.41) is 2.82. The molecule has 2 aromatic heterocycles. The number of ether oxygens (including phenoxy) is 1. The van der Waals surface area contributed by atoms with E-state index in [1.165, 1.54) is 36.2 Å². The van der Waals surface area contributed by atoms with Gasteiger partial charge < -0.3 is 15.8 Å². The number of nitrogens with two attached hydrogens (primary N) is 1. The van der Waals surface area contributed by atoms with Gasteiger partial charge in [-0.1, -0.05) is 30.3 Å². The van der Waals surface area contributed by atoms with Crippen molar-refractivity contribution < 1.29 is 19.4 Å². The summed E-state index contributed by atoms with van der Waals surface area (Å²) in [5.41, 5.74) is 7.82. The summed E-state index contributed by atoms with van der Waals surface area (Å²) in [4.78, 5) is 21.4. The number of fused-ring (bicyclic) bond motifs is 1. The maximum atomic E-state index is 13.1. The number of aliphatic imine (C=N–C) groups is 1. The fourth-order valence-corrected chi connectivity index (χ4v) is 4.42. The van der Waals surface area contributed by atoms with Gasteiger partial charge in [0.25, 0.3) is 5.91 Å². The molecule has 0 atom stereocenters. The van der Waals surface area contributed by atoms with Gasteiger partial charge in [0.1, 0.15) is 16.3 Å². The number of hydrogen-bond acceptors (Lipinski definition) is 7. The number of methoxy groups -OCH3 is 1. The molecule has 0 fully saturated rings. The van der Waals surface area contributed by atoms with Crippen molar-refractivity contribution >= 4 is 33.4 Å². The second-order valence-corrected chi connectivity index (χ2v) is 11.4. The Hall–Kier alpha value is -3.66. The van der Waals surface area contributed by atoms with E-state index in [2.05, 4.69) is 15.3 Å². The number of imidazole rings is 1. The van der Waals surface area contributed by atoms with E-state index in [1.54, 1.807) is 27.7 Å². The average Bonchev–Trinajstić information content (AvgIpc) is 3.18. The lowest BCUT2D eigenvalue weighted by Gasteiger charge is -2.21. The summed E-state index contributed by atoms with van der Waals surface area (Å²) in [7, 11) is -2.31. The number of allylic oxidation sites excluding steroid dienone is 1. The highest BCUT2D eigenvalue weighted by atomic mass is 32.2. The van der Waals surface area contributed by atoms with E-state index in [9.17, 15) is 13.2 Å². The minimum Gasteiger partial charge on any atom is -0.495 e. The number of sulfone groups is 1. The molecular formula is C24H31N5O4S. The van der Waals surface area contributed by atoms with Crippen LogP contribution in [0.25, 0.3) is 5.65 Å². The minimum absolute atomic E-state index is 0. The predicted molar refractivity (Wildman–Crippen MR) is 134 cm³/mol. The SMILES string of the molecule is COc1cc2ncc(/N=C/C(C(=O)NCc3ccccc3)=C(/C)N)n2cc1S(=O)(=O)C(C)(C)C.[HH]. The number of benzene rings is 1. The largest absolute Gasteiger partial charge is 0.495 e. The quantitative estimate of drug-likeness (QED) is 0.390. The molecule has 9 nitrogen and oxygen atoms in total. The third kappa shape index (κ3) is 5.12. The molecule has 1 aromatic carbocycles. The summed E-state index contributed by atoms with van der Waals surface area (Å²) in [6.07, 6.45) is 4.26. The first-order valence-electron chi connectivity index (χ1n) is 10.6. The number of aromatic nitrogens is 2. The molecule has 0 saturated carbocycles. The van der Waals surface area contributed by atoms with Gasteiger partial charge in [0.2, 0.25) is 0 Å². The smallest absolute Gasteiger partial charge is 0.254 e. The standard InChI is InChI=1S/C24H29N5O4S.H2/c1-16(25)18(23(30)28-12-17-9-7-6-8-10-17)13-26-22-14-27-21-11-19(33-5)20(15-29(21)22)34(31,32)24(2,3)4;/h6-11,13-15H,12,25H2,1-5H3,(H,28,30);1H/b18-16+,26-13+;. The lowest BCUT2D eigenvalue weighted by Crippen LogP contribution is -2.28. The Kier molecular flexibility index (Phi) is 7.11. The van der Waals surface area contributed by atoms with Crippen molar-refractivity contribution in [2.45, 2.75) is 43.9 Å². The van der Waals surface area contributed by atoms with Gasteiger partial charge in [-0.05, 0) is 33.3 Å². The van der Waals surface area contributed by atoms with Gasteiger partial charge in [0.05, 0.1) is 23.6 Å². The van der Waals surface area contributed by atoms with E-state index in [1.807, 2.05) is 30.3 Å². The van der Waals surface area contributed by atoms with Gasteiger partial charge in [-0.2, -0.15) is 0 Å². The van der Waals surface area contributed by atoms with Crippen LogP contribution in [0.5, 0.6) is 5.75 Å². The van der Waals surface area contributed by atoms with Crippen molar-refractivity contribution in [3.63, 3.8) is 0 Å². The molecular weight excluding hydrogens is 454 g/mol. The number of amides is 1. The Bertz CT molecular complexity index is 1370. The van der Waals surface area contributed by atoms with Crippen LogP contribution >= 0.6 is 0 Å². The molecule has 34 heavy (non-hydrogen) atoms. The van der Waals surface area contributed by atoms with Crippen molar-refractivity contribution in [3.05, 3.63) is 65.6 Å². The van der Waals surface area contributed by atoms with Crippen molar-refractivity contribution in [3.8, 4) is 5.75 Å². The molecule has 182 valence electrons. The predicted octanol–water partition coefficient (Wildman–Crippen LogP) is 3.41. The van der Waals surface area contributed by atoms with Crippen molar-refractivity contribution in [2.24, 2.45) is 10.7 Å². The van der Waals surface area contributed by atoms with E-state index >= 15 is 0 Å². The average molecular weight is 486 g/mol. The third-order valence-electron chi connectivity index (χ3n) is 5.16. The van der Waals surface area contributed by atoms with E-state index < -0.39 is 14.6 Å². The Labute approximate surface area is 200 Å². The second kappa shape index (κ2) is 9.68. The van der Waals surface area contributed by atoms with Gasteiger partial charge in [0, 0.05) is 32.1 Å². The maximum Gasteiger partial charge on any atom is 0.254 e. The van der Waals surface area contributed by atoms with E-state index in [-0.39, 0.29) is 23.6 Å². The van der Waals surface area contributed by atoms with Crippen LogP contribution in [0.2, 0.25) is 0 Å². The van der Waals surface area contributed by atoms with Crippen LogP contribution < -0.4 is 15.8 Å². The van der Waals surface area contributed by atoms with Gasteiger partial charge >= 0.3 is 0 Å². The molecule has 0 radical (unpaired) electrons. The number of rotatable bonds is 7. The van der Waals surface area contributed by atoms with Gasteiger partial charge in [-0.25, -0.2) is 18.4 Å². The first-order valence-corrected chi connectivity index (χ1v) is 12.1. The summed E-state index contributed by atoms with van der Waals surface area (Å²) in [6, 6.07) is 11.0. The molecule has 3 N–H and O–H groups in total. The molecule has 2 heterocycles. The summed E-state index contributed by atoms with van der Waals surface area (Å²) < 4.78 is 32.0. The Morgan fingerprint density at radius 1 is 1.29 bits per heavy atom. The van der Waals surface area contributed by atoms with Crippen LogP contribution in [0.15, 0.2) is 69.9 Å². The van der Waals surface area contributed by atoms with Crippen molar-refractivity contribution in [1.82, 2.24) is 14.7 Å². The van der Waals surface area contributed by atoms with E-state index in [4.69, 9.17) is 10.5 Å². The zero-order valence-corrected chi connectivity index (χ0v) is 20.7. The highest BCUT2D eigenvalue weighted by Gasteiger charge is 2.34. The van der Waals surface area contributed by atoms with E-state index in [0.29, 0.717) is 23.7 Å². The number of carbonyl (C=O) groups excluding carboxylic acids is 1. The summed E-state index contributed by atoms with van der Waals surface area (Å²) >= 11 is 0. The van der Waals surface area contributed by atoms with Gasteiger partial charge in [0.15, 0.2) is 15.7 Å². The number of carbonyl (C=O) groups is 1. The van der Waals surface area contributed by atoms with Crippen LogP contribution in [0.1, 0.15) is 34.7 Å². The first-order chi connectivity index (χ1) is 16.0. The van der Waals surface area contributed by atoms with Crippen LogP contribution in [-0.4, -0.2) is 41.8 Å². The Morgan fingerprint density at radius 3 is 2.56 bits per heavy atom. The minimum atomic E-state index is -3.72. The molecule has 0 aliphatic rings. The maximum absolute atomic E-state index is 13.1. The first kappa shape index (κ1) is 25.0. The summed E-state index contributed by atoms with van der Waals surface area (Å²) in [6.45, 7) is 6.81. The van der Waals surface area contributed by atoms with Crippen LogP contribution in [0, 0.1) is 0 Å². The molecule has 0 unspecified atom stereocenters. The second-order valence-electron chi connectivity index (χ2n) is 8.69. The molecule has 0 aliphatic heterocycles. The molecule has 0 bridgehead atoms. The molecule has 3 aromatic rings. The lowest BCUT2D eigenvalue weighted by atomic mass is 10.2. The van der Waals surface area contributed by atoms with Gasteiger partial charge in [-0.3, -0.25) is 9.20 Å². The number of hydrogen-bond donors (Lipinski definition) is 2. The number of pyridine rings is 1. The fourth-order valence-electron chi connectivity index (χ4n) is 3.10. The van der Waals surface area contributed by atoms with Crippen molar-refractivity contribution in [1.29, 1.82) is 0 Å². The summed E-state index contributed by atoms with van der Waals surface area (Å²) in [5.74, 6) is 0.152. The molecule has 3 rings (SSSR count). The number of nitrogens with zero attached hydrogens (tertiary/aromatic N) is 3. The normalized spacial score (nSPS) is 13.2. The van der Waals surface area contributed by atoms with Crippen LogP contribution in [0.3, 0.4) is 0 Å². The number of nitrogens with one attached hydrogen (secondary N) is 1. The monoisotopic (exact) mass is 485 g/mol. The topological polar surface area (TPSA) is 128 Å². The van der Waals surface area contributed by atoms with E-state index in [0.717, 1.165) is 5.56 Å². The molecule has 0 spiro atoms. The fraction of sp³-hybridized carbons (Fsp3) is 0.292.